The molecule has 0 aliphatic carbocycles. The van der Waals surface area contributed by atoms with Gasteiger partial charge in [-0.25, -0.2) is 0 Å². The van der Waals surface area contributed by atoms with Gasteiger partial charge in [0.2, 0.25) is 5.91 Å². The highest BCUT2D eigenvalue weighted by atomic mass is 16.5. The molecular weight excluding hydrogens is 204 g/mol. The Kier molecular flexibility index (Phi) is 4.33. The summed E-state index contributed by atoms with van der Waals surface area (Å²) in [4.78, 5) is 14.0. The number of carbonyl (C=O) groups excluding carboxylic acids is 1. The molecule has 1 heterocycles. The lowest BCUT2D eigenvalue weighted by molar-refractivity contribution is -0.134. The molecule has 1 aliphatic rings. The third-order valence-corrected chi connectivity index (χ3v) is 3.20. The molecule has 0 spiro atoms. The zero-order chi connectivity index (χ0) is 12.3. The second kappa shape index (κ2) is 5.15. The number of hydrogen-bond acceptors (Lipinski definition) is 3. The summed E-state index contributed by atoms with van der Waals surface area (Å²) >= 11 is 0. The van der Waals surface area contributed by atoms with E-state index < -0.39 is 6.04 Å². The van der Waals surface area contributed by atoms with Crippen LogP contribution < -0.4 is 5.73 Å². The molecule has 0 radical (unpaired) electrons. The van der Waals surface area contributed by atoms with Gasteiger partial charge in [0.1, 0.15) is 0 Å². The zero-order valence-corrected chi connectivity index (χ0v) is 10.8. The van der Waals surface area contributed by atoms with Crippen molar-refractivity contribution < 1.29 is 9.53 Å². The minimum Gasteiger partial charge on any atom is -0.384 e. The number of methoxy groups -OCH3 is 1. The van der Waals surface area contributed by atoms with Crippen LogP contribution in [0.1, 0.15) is 27.2 Å². The second-order valence-electron chi connectivity index (χ2n) is 5.74. The van der Waals surface area contributed by atoms with Crippen LogP contribution in [0, 0.1) is 11.3 Å². The molecule has 0 aromatic heterocycles. The highest BCUT2D eigenvalue weighted by Crippen LogP contribution is 2.23. The number of hydrogen-bond donors (Lipinski definition) is 1. The molecular formula is C12H24N2O2. The molecule has 16 heavy (non-hydrogen) atoms. The Hall–Kier alpha value is -0.610. The first-order chi connectivity index (χ1) is 7.36. The monoisotopic (exact) mass is 228 g/mol. The predicted molar refractivity (Wildman–Crippen MR) is 64.0 cm³/mol. The number of nitrogens with two attached hydrogens (primary N) is 1. The SMILES string of the molecule is COCC1CCN(C(=O)[C@@H](N)C(C)(C)C)C1. The summed E-state index contributed by atoms with van der Waals surface area (Å²) in [6, 6.07) is -0.409. The number of ether oxygens (including phenoxy) is 1. The molecule has 1 rings (SSSR count). The number of likely N-dealkylation sites (tertiary alicyclic amines) is 1. The fourth-order valence-corrected chi connectivity index (χ4v) is 1.97. The van der Waals surface area contributed by atoms with Crippen LogP contribution in [-0.2, 0) is 9.53 Å². The predicted octanol–water partition coefficient (Wildman–Crippen LogP) is 0.855. The van der Waals surface area contributed by atoms with E-state index in [1.54, 1.807) is 7.11 Å². The average molecular weight is 228 g/mol. The maximum absolute atomic E-state index is 12.1. The fourth-order valence-electron chi connectivity index (χ4n) is 1.97. The molecule has 1 unspecified atom stereocenters. The van der Waals surface area contributed by atoms with E-state index in [1.165, 1.54) is 0 Å². The second-order valence-corrected chi connectivity index (χ2v) is 5.74. The molecule has 1 aliphatic heterocycles. The molecule has 94 valence electrons. The van der Waals surface area contributed by atoms with Crippen LogP contribution in [0.3, 0.4) is 0 Å². The fraction of sp³-hybridized carbons (Fsp3) is 0.917. The van der Waals surface area contributed by atoms with Gasteiger partial charge >= 0.3 is 0 Å². The summed E-state index contributed by atoms with van der Waals surface area (Å²) < 4.78 is 5.11. The number of rotatable bonds is 3. The quantitative estimate of drug-likeness (QED) is 0.779. The molecule has 0 aromatic rings. The van der Waals surface area contributed by atoms with E-state index in [-0.39, 0.29) is 11.3 Å². The molecule has 1 saturated heterocycles. The van der Waals surface area contributed by atoms with Gasteiger partial charge in [-0.1, -0.05) is 20.8 Å². The molecule has 0 saturated carbocycles. The van der Waals surface area contributed by atoms with Crippen LogP contribution in [0.4, 0.5) is 0 Å². The lowest BCUT2D eigenvalue weighted by Crippen LogP contribution is -2.49. The molecule has 0 bridgehead atoms. The van der Waals surface area contributed by atoms with Crippen molar-refractivity contribution in [1.29, 1.82) is 0 Å². The summed E-state index contributed by atoms with van der Waals surface area (Å²) in [7, 11) is 1.70. The molecule has 4 nitrogen and oxygen atoms in total. The van der Waals surface area contributed by atoms with E-state index in [9.17, 15) is 4.79 Å². The van der Waals surface area contributed by atoms with Crippen molar-refractivity contribution in [2.75, 3.05) is 26.8 Å². The maximum atomic E-state index is 12.1. The Bertz CT molecular complexity index is 248. The van der Waals surface area contributed by atoms with Crippen LogP contribution in [0.15, 0.2) is 0 Å². The minimum atomic E-state index is -0.409. The van der Waals surface area contributed by atoms with E-state index in [1.807, 2.05) is 25.7 Å². The van der Waals surface area contributed by atoms with Crippen molar-refractivity contribution in [2.24, 2.45) is 17.1 Å². The van der Waals surface area contributed by atoms with E-state index in [0.29, 0.717) is 5.92 Å². The van der Waals surface area contributed by atoms with Crippen molar-refractivity contribution in [1.82, 2.24) is 4.90 Å². The first-order valence-corrected chi connectivity index (χ1v) is 5.89. The standard InChI is InChI=1S/C12H24N2O2/c1-12(2,3)10(13)11(15)14-6-5-9(7-14)8-16-4/h9-10H,5-8,13H2,1-4H3/t9?,10-/m1/s1. The van der Waals surface area contributed by atoms with Crippen molar-refractivity contribution in [3.63, 3.8) is 0 Å². The van der Waals surface area contributed by atoms with Gasteiger partial charge in [0, 0.05) is 26.1 Å². The van der Waals surface area contributed by atoms with E-state index in [0.717, 1.165) is 26.1 Å². The summed E-state index contributed by atoms with van der Waals surface area (Å²) in [5.41, 5.74) is 5.80. The Morgan fingerprint density at radius 2 is 2.19 bits per heavy atom. The molecule has 4 heteroatoms. The van der Waals surface area contributed by atoms with Crippen LogP contribution in [0.25, 0.3) is 0 Å². The van der Waals surface area contributed by atoms with Gasteiger partial charge in [-0.2, -0.15) is 0 Å². The van der Waals surface area contributed by atoms with Gasteiger partial charge < -0.3 is 15.4 Å². The Labute approximate surface area is 98.1 Å². The number of amides is 1. The van der Waals surface area contributed by atoms with Gasteiger partial charge in [0.25, 0.3) is 0 Å². The third kappa shape index (κ3) is 3.19. The maximum Gasteiger partial charge on any atom is 0.240 e. The lowest BCUT2D eigenvalue weighted by Gasteiger charge is -2.29. The first-order valence-electron chi connectivity index (χ1n) is 5.89. The lowest BCUT2D eigenvalue weighted by atomic mass is 9.86. The van der Waals surface area contributed by atoms with Gasteiger partial charge in [0.05, 0.1) is 12.6 Å². The third-order valence-electron chi connectivity index (χ3n) is 3.20. The smallest absolute Gasteiger partial charge is 0.240 e. The Balaban J connectivity index is 2.51. The molecule has 2 atom stereocenters. The zero-order valence-electron chi connectivity index (χ0n) is 10.8. The van der Waals surface area contributed by atoms with E-state index in [4.69, 9.17) is 10.5 Å². The Morgan fingerprint density at radius 3 is 2.69 bits per heavy atom. The summed E-state index contributed by atoms with van der Waals surface area (Å²) in [5.74, 6) is 0.548. The minimum absolute atomic E-state index is 0.0751. The molecule has 1 amide bonds. The highest BCUT2D eigenvalue weighted by Gasteiger charge is 2.34. The number of carbonyl (C=O) groups is 1. The normalized spacial score (nSPS) is 23.6. The van der Waals surface area contributed by atoms with Crippen LogP contribution in [-0.4, -0.2) is 43.7 Å². The first kappa shape index (κ1) is 13.5. The molecule has 0 aromatic carbocycles. The number of nitrogens with zero attached hydrogens (tertiary/aromatic N) is 1. The van der Waals surface area contributed by atoms with Crippen molar-refractivity contribution in [2.45, 2.75) is 33.2 Å². The summed E-state index contributed by atoms with van der Waals surface area (Å²) in [6.07, 6.45) is 1.02. The van der Waals surface area contributed by atoms with Crippen LogP contribution in [0.5, 0.6) is 0 Å². The van der Waals surface area contributed by atoms with Crippen molar-refractivity contribution >= 4 is 5.91 Å². The molecule has 1 fully saturated rings. The van der Waals surface area contributed by atoms with Gasteiger partial charge in [-0.3, -0.25) is 4.79 Å². The van der Waals surface area contributed by atoms with Crippen LogP contribution in [0.2, 0.25) is 0 Å². The van der Waals surface area contributed by atoms with Gasteiger partial charge in [-0.15, -0.1) is 0 Å². The van der Waals surface area contributed by atoms with Gasteiger partial charge in [-0.05, 0) is 11.8 Å². The highest BCUT2D eigenvalue weighted by molar-refractivity contribution is 5.82. The molecule has 2 N–H and O–H groups in total. The topological polar surface area (TPSA) is 55.6 Å². The van der Waals surface area contributed by atoms with E-state index in [2.05, 4.69) is 0 Å². The van der Waals surface area contributed by atoms with Crippen molar-refractivity contribution in [3.8, 4) is 0 Å². The average Bonchev–Trinajstić information content (AvgIpc) is 2.63. The summed E-state index contributed by atoms with van der Waals surface area (Å²) in [6.45, 7) is 8.33. The van der Waals surface area contributed by atoms with Crippen LogP contribution >= 0.6 is 0 Å². The Morgan fingerprint density at radius 1 is 1.56 bits per heavy atom. The largest absolute Gasteiger partial charge is 0.384 e. The summed E-state index contributed by atoms with van der Waals surface area (Å²) in [5, 5.41) is 0. The van der Waals surface area contributed by atoms with E-state index >= 15 is 0 Å². The van der Waals surface area contributed by atoms with Gasteiger partial charge in [0.15, 0.2) is 0 Å². The van der Waals surface area contributed by atoms with Crippen molar-refractivity contribution in [3.05, 3.63) is 0 Å².